The van der Waals surface area contributed by atoms with Crippen LogP contribution in [-0.2, 0) is 14.3 Å². The Labute approximate surface area is 84.3 Å². The maximum absolute atomic E-state index is 11.2. The monoisotopic (exact) mass is 202 g/mol. The van der Waals surface area contributed by atoms with Crippen molar-refractivity contribution in [3.8, 4) is 0 Å². The molecule has 4 nitrogen and oxygen atoms in total. The highest BCUT2D eigenvalue weighted by Gasteiger charge is 2.17. The molecule has 0 fully saturated rings. The van der Waals surface area contributed by atoms with E-state index in [-0.39, 0.29) is 6.42 Å². The van der Waals surface area contributed by atoms with E-state index in [1.165, 1.54) is 0 Å². The zero-order valence-corrected chi connectivity index (χ0v) is 8.95. The molecule has 0 amide bonds. The van der Waals surface area contributed by atoms with Gasteiger partial charge in [-0.25, -0.2) is 0 Å². The Balaban J connectivity index is 3.67. The van der Waals surface area contributed by atoms with Crippen molar-refractivity contribution in [2.24, 2.45) is 11.8 Å². The molecule has 0 aromatic carbocycles. The summed E-state index contributed by atoms with van der Waals surface area (Å²) in [6.45, 7) is 6.01. The first-order valence-corrected chi connectivity index (χ1v) is 4.82. The van der Waals surface area contributed by atoms with Crippen LogP contribution in [0.1, 0.15) is 33.6 Å². The third kappa shape index (κ3) is 6.46. The first-order valence-electron chi connectivity index (χ1n) is 4.82. The van der Waals surface area contributed by atoms with Gasteiger partial charge in [0.05, 0.1) is 18.9 Å². The van der Waals surface area contributed by atoms with Gasteiger partial charge in [0.1, 0.15) is 0 Å². The van der Waals surface area contributed by atoms with Crippen molar-refractivity contribution in [2.75, 3.05) is 6.61 Å². The number of rotatable bonds is 6. The summed E-state index contributed by atoms with van der Waals surface area (Å²) in [5.41, 5.74) is 0. The molecule has 0 saturated carbocycles. The van der Waals surface area contributed by atoms with E-state index in [2.05, 4.69) is 0 Å². The fourth-order valence-electron chi connectivity index (χ4n) is 0.883. The molecule has 0 radical (unpaired) electrons. The van der Waals surface area contributed by atoms with Crippen LogP contribution in [0.3, 0.4) is 0 Å². The van der Waals surface area contributed by atoms with Gasteiger partial charge in [0, 0.05) is 0 Å². The third-order valence-corrected chi connectivity index (χ3v) is 1.82. The van der Waals surface area contributed by atoms with Gasteiger partial charge < -0.3 is 9.84 Å². The van der Waals surface area contributed by atoms with Crippen molar-refractivity contribution in [2.45, 2.75) is 33.6 Å². The zero-order chi connectivity index (χ0) is 11.1. The molecule has 0 bridgehead atoms. The van der Waals surface area contributed by atoms with Crippen LogP contribution >= 0.6 is 0 Å². The molecule has 1 unspecified atom stereocenters. The van der Waals surface area contributed by atoms with Crippen LogP contribution in [0.15, 0.2) is 0 Å². The lowest BCUT2D eigenvalue weighted by Gasteiger charge is -2.10. The summed E-state index contributed by atoms with van der Waals surface area (Å²) >= 11 is 0. The van der Waals surface area contributed by atoms with Gasteiger partial charge in [0.25, 0.3) is 0 Å². The van der Waals surface area contributed by atoms with Gasteiger partial charge in [0.2, 0.25) is 0 Å². The first kappa shape index (κ1) is 12.9. The highest BCUT2D eigenvalue weighted by molar-refractivity contribution is 5.78. The second-order valence-electron chi connectivity index (χ2n) is 3.85. The number of ether oxygens (including phenoxy) is 1. The largest absolute Gasteiger partial charge is 0.481 e. The highest BCUT2D eigenvalue weighted by atomic mass is 16.5. The van der Waals surface area contributed by atoms with Gasteiger partial charge in [-0.05, 0) is 12.3 Å². The SMILES string of the molecule is CC(C)CCOC(=O)C(C)CC(=O)O. The molecular formula is C10H18O4. The van der Waals surface area contributed by atoms with Crippen molar-refractivity contribution >= 4 is 11.9 Å². The van der Waals surface area contributed by atoms with E-state index < -0.39 is 17.9 Å². The lowest BCUT2D eigenvalue weighted by atomic mass is 10.1. The molecule has 0 aromatic rings. The van der Waals surface area contributed by atoms with Crippen LogP contribution in [0.4, 0.5) is 0 Å². The maximum Gasteiger partial charge on any atom is 0.309 e. The van der Waals surface area contributed by atoms with Gasteiger partial charge in [-0.15, -0.1) is 0 Å². The summed E-state index contributed by atoms with van der Waals surface area (Å²) in [6, 6.07) is 0. The third-order valence-electron chi connectivity index (χ3n) is 1.82. The van der Waals surface area contributed by atoms with E-state index in [1.807, 2.05) is 13.8 Å². The molecule has 1 atom stereocenters. The normalized spacial score (nSPS) is 12.6. The minimum atomic E-state index is -0.974. The van der Waals surface area contributed by atoms with Gasteiger partial charge in [0.15, 0.2) is 0 Å². The summed E-state index contributed by atoms with van der Waals surface area (Å²) in [4.78, 5) is 21.5. The average Bonchev–Trinajstić information content (AvgIpc) is 2.01. The molecule has 1 N–H and O–H groups in total. The predicted molar refractivity (Wildman–Crippen MR) is 51.8 cm³/mol. The molecule has 82 valence electrons. The summed E-state index contributed by atoms with van der Waals surface area (Å²) < 4.78 is 4.91. The van der Waals surface area contributed by atoms with Gasteiger partial charge >= 0.3 is 11.9 Å². The predicted octanol–water partition coefficient (Wildman–Crippen LogP) is 1.69. The molecule has 4 heteroatoms. The molecule has 0 aromatic heterocycles. The van der Waals surface area contributed by atoms with Crippen LogP contribution in [-0.4, -0.2) is 23.7 Å². The molecular weight excluding hydrogens is 184 g/mol. The van der Waals surface area contributed by atoms with Gasteiger partial charge in [-0.2, -0.15) is 0 Å². The van der Waals surface area contributed by atoms with E-state index in [0.717, 1.165) is 6.42 Å². The Hall–Kier alpha value is -1.06. The minimum Gasteiger partial charge on any atom is -0.481 e. The lowest BCUT2D eigenvalue weighted by molar-refractivity contribution is -0.152. The molecule has 0 spiro atoms. The van der Waals surface area contributed by atoms with Crippen molar-refractivity contribution < 1.29 is 19.4 Å². The molecule has 0 aliphatic rings. The zero-order valence-electron chi connectivity index (χ0n) is 8.95. The van der Waals surface area contributed by atoms with Crippen molar-refractivity contribution in [3.63, 3.8) is 0 Å². The first-order chi connectivity index (χ1) is 6.43. The Kier molecular flexibility index (Phi) is 5.92. The smallest absolute Gasteiger partial charge is 0.309 e. The average molecular weight is 202 g/mol. The Morgan fingerprint density at radius 3 is 2.29 bits per heavy atom. The fourth-order valence-corrected chi connectivity index (χ4v) is 0.883. The number of esters is 1. The Bertz CT molecular complexity index is 198. The van der Waals surface area contributed by atoms with Crippen LogP contribution in [0.2, 0.25) is 0 Å². The number of carboxylic acid groups (broad SMARTS) is 1. The standard InChI is InChI=1S/C10H18O4/c1-7(2)4-5-14-10(13)8(3)6-9(11)12/h7-8H,4-6H2,1-3H3,(H,11,12). The van der Waals surface area contributed by atoms with E-state index >= 15 is 0 Å². The molecule has 0 heterocycles. The van der Waals surface area contributed by atoms with Gasteiger partial charge in [-0.1, -0.05) is 20.8 Å². The lowest BCUT2D eigenvalue weighted by Crippen LogP contribution is -2.19. The van der Waals surface area contributed by atoms with Crippen molar-refractivity contribution in [3.05, 3.63) is 0 Å². The number of carbonyl (C=O) groups is 2. The second kappa shape index (κ2) is 6.40. The molecule has 0 saturated heterocycles. The van der Waals surface area contributed by atoms with Crippen molar-refractivity contribution in [1.82, 2.24) is 0 Å². The van der Waals surface area contributed by atoms with Crippen LogP contribution in [0.5, 0.6) is 0 Å². The second-order valence-corrected chi connectivity index (χ2v) is 3.85. The minimum absolute atomic E-state index is 0.166. The van der Waals surface area contributed by atoms with E-state index in [1.54, 1.807) is 6.92 Å². The summed E-state index contributed by atoms with van der Waals surface area (Å²) in [5.74, 6) is -1.47. The molecule has 14 heavy (non-hydrogen) atoms. The summed E-state index contributed by atoms with van der Waals surface area (Å²) in [7, 11) is 0. The number of carboxylic acids is 1. The van der Waals surface area contributed by atoms with Crippen LogP contribution in [0, 0.1) is 11.8 Å². The van der Waals surface area contributed by atoms with E-state index in [4.69, 9.17) is 9.84 Å². The number of aliphatic carboxylic acids is 1. The van der Waals surface area contributed by atoms with Crippen LogP contribution in [0.25, 0.3) is 0 Å². The maximum atomic E-state index is 11.2. The quantitative estimate of drug-likeness (QED) is 0.666. The molecule has 0 rings (SSSR count). The highest BCUT2D eigenvalue weighted by Crippen LogP contribution is 2.06. The summed E-state index contributed by atoms with van der Waals surface area (Å²) in [6.07, 6.45) is 0.645. The van der Waals surface area contributed by atoms with Crippen LogP contribution < -0.4 is 0 Å². The van der Waals surface area contributed by atoms with E-state index in [0.29, 0.717) is 12.5 Å². The number of hydrogen-bond acceptors (Lipinski definition) is 3. The number of carbonyl (C=O) groups excluding carboxylic acids is 1. The molecule has 0 aliphatic heterocycles. The summed E-state index contributed by atoms with van der Waals surface area (Å²) in [5, 5.41) is 8.44. The Morgan fingerprint density at radius 2 is 1.86 bits per heavy atom. The fraction of sp³-hybridized carbons (Fsp3) is 0.800. The topological polar surface area (TPSA) is 63.6 Å². The Morgan fingerprint density at radius 1 is 1.29 bits per heavy atom. The van der Waals surface area contributed by atoms with Crippen molar-refractivity contribution in [1.29, 1.82) is 0 Å². The van der Waals surface area contributed by atoms with E-state index in [9.17, 15) is 9.59 Å². The molecule has 0 aliphatic carbocycles. The number of hydrogen-bond donors (Lipinski definition) is 1. The van der Waals surface area contributed by atoms with Gasteiger partial charge in [-0.3, -0.25) is 9.59 Å².